The van der Waals surface area contributed by atoms with E-state index in [0.29, 0.717) is 13.2 Å². The molecule has 0 aliphatic carbocycles. The molecule has 28 heavy (non-hydrogen) atoms. The van der Waals surface area contributed by atoms with E-state index in [2.05, 4.69) is 4.57 Å². The van der Waals surface area contributed by atoms with E-state index in [1.165, 1.54) is 23.5 Å². The summed E-state index contributed by atoms with van der Waals surface area (Å²) in [6, 6.07) is 18.0. The zero-order valence-electron chi connectivity index (χ0n) is 15.3. The highest BCUT2D eigenvalue weighted by atomic mass is 32.1. The number of nitrogens with zero attached hydrogens (tertiary/aromatic N) is 2. The van der Waals surface area contributed by atoms with Crippen LogP contribution in [-0.4, -0.2) is 11.2 Å². The first-order valence-electron chi connectivity index (χ1n) is 8.97. The van der Waals surface area contributed by atoms with Gasteiger partial charge in [-0.15, -0.1) is 11.3 Å². The summed E-state index contributed by atoms with van der Waals surface area (Å²) in [5.74, 6) is 1.40. The lowest BCUT2D eigenvalue weighted by molar-refractivity contribution is 0.340. The molecule has 2 aromatic heterocycles. The van der Waals surface area contributed by atoms with E-state index in [0.717, 1.165) is 33.3 Å². The number of benzene rings is 2. The maximum absolute atomic E-state index is 13.3. The predicted octanol–water partition coefficient (Wildman–Crippen LogP) is 5.63. The van der Waals surface area contributed by atoms with Crippen molar-refractivity contribution >= 4 is 17.0 Å². The Kier molecular flexibility index (Phi) is 5.39. The quantitative estimate of drug-likeness (QED) is 0.425. The van der Waals surface area contributed by atoms with Crippen LogP contribution in [0.5, 0.6) is 5.75 Å². The standard InChI is InChI=1S/C22H19FN2O2S/c1-2-26-19-11-9-18(10-12-19)24-22-25(14-20-4-3-13-27-20)21(15-28-22)16-5-7-17(23)8-6-16/h3-13,15H,2,14H2,1H3. The molecule has 0 spiro atoms. The molecular weight excluding hydrogens is 375 g/mol. The third-order valence-corrected chi connectivity index (χ3v) is 5.07. The molecule has 4 nitrogen and oxygen atoms in total. The fourth-order valence-electron chi connectivity index (χ4n) is 2.88. The van der Waals surface area contributed by atoms with Crippen molar-refractivity contribution in [3.8, 4) is 17.0 Å². The number of furan rings is 1. The Bertz CT molecular complexity index is 1090. The number of rotatable bonds is 6. The summed E-state index contributed by atoms with van der Waals surface area (Å²) in [5.41, 5.74) is 2.73. The molecule has 0 aliphatic rings. The van der Waals surface area contributed by atoms with Crippen LogP contribution in [0.3, 0.4) is 0 Å². The van der Waals surface area contributed by atoms with Crippen LogP contribution in [0.15, 0.2) is 81.7 Å². The predicted molar refractivity (Wildman–Crippen MR) is 108 cm³/mol. The van der Waals surface area contributed by atoms with Crippen molar-refractivity contribution < 1.29 is 13.5 Å². The first kappa shape index (κ1) is 18.3. The molecule has 0 saturated carbocycles. The maximum Gasteiger partial charge on any atom is 0.190 e. The Balaban J connectivity index is 1.76. The molecule has 0 unspecified atom stereocenters. The lowest BCUT2D eigenvalue weighted by atomic mass is 10.1. The van der Waals surface area contributed by atoms with Gasteiger partial charge in [0.1, 0.15) is 17.3 Å². The van der Waals surface area contributed by atoms with Gasteiger partial charge in [0.15, 0.2) is 4.80 Å². The second kappa shape index (κ2) is 8.27. The average Bonchev–Trinajstić information content (AvgIpc) is 3.35. The summed E-state index contributed by atoms with van der Waals surface area (Å²) >= 11 is 1.54. The summed E-state index contributed by atoms with van der Waals surface area (Å²) in [6.07, 6.45) is 1.66. The van der Waals surface area contributed by atoms with Gasteiger partial charge in [0.25, 0.3) is 0 Å². The zero-order chi connectivity index (χ0) is 19.3. The molecule has 0 N–H and O–H groups in total. The van der Waals surface area contributed by atoms with Crippen LogP contribution in [-0.2, 0) is 6.54 Å². The Labute approximate surface area is 166 Å². The molecule has 142 valence electrons. The van der Waals surface area contributed by atoms with E-state index in [9.17, 15) is 4.39 Å². The van der Waals surface area contributed by atoms with Crippen LogP contribution >= 0.6 is 11.3 Å². The summed E-state index contributed by atoms with van der Waals surface area (Å²) in [7, 11) is 0. The lowest BCUT2D eigenvalue weighted by Gasteiger charge is -2.08. The van der Waals surface area contributed by atoms with Gasteiger partial charge in [-0.2, -0.15) is 0 Å². The molecule has 2 heterocycles. The van der Waals surface area contributed by atoms with Crippen LogP contribution in [0.1, 0.15) is 12.7 Å². The molecule has 0 amide bonds. The molecule has 0 saturated heterocycles. The van der Waals surface area contributed by atoms with E-state index < -0.39 is 0 Å². The summed E-state index contributed by atoms with van der Waals surface area (Å²) in [6.45, 7) is 3.13. The fraction of sp³-hybridized carbons (Fsp3) is 0.136. The van der Waals surface area contributed by atoms with Crippen LogP contribution in [0.2, 0.25) is 0 Å². The SMILES string of the molecule is CCOc1ccc(N=c2scc(-c3ccc(F)cc3)n2Cc2ccco2)cc1. The Morgan fingerprint density at radius 3 is 2.54 bits per heavy atom. The Morgan fingerprint density at radius 1 is 1.07 bits per heavy atom. The second-order valence-corrected chi connectivity index (χ2v) is 6.95. The Morgan fingerprint density at radius 2 is 1.86 bits per heavy atom. The van der Waals surface area contributed by atoms with Crippen LogP contribution in [0, 0.1) is 5.82 Å². The maximum atomic E-state index is 13.3. The molecule has 0 atom stereocenters. The minimum atomic E-state index is -0.254. The summed E-state index contributed by atoms with van der Waals surface area (Å²) in [4.78, 5) is 5.63. The monoisotopic (exact) mass is 394 g/mol. The van der Waals surface area contributed by atoms with Gasteiger partial charge in [-0.1, -0.05) is 0 Å². The number of thiazole rings is 1. The van der Waals surface area contributed by atoms with Gasteiger partial charge in [0.05, 0.1) is 30.8 Å². The number of halogens is 1. The van der Waals surface area contributed by atoms with Crippen molar-refractivity contribution in [3.63, 3.8) is 0 Å². The molecule has 4 aromatic rings. The van der Waals surface area contributed by atoms with Crippen molar-refractivity contribution in [1.82, 2.24) is 4.57 Å². The smallest absolute Gasteiger partial charge is 0.190 e. The van der Waals surface area contributed by atoms with Gasteiger partial charge in [0.2, 0.25) is 0 Å². The summed E-state index contributed by atoms with van der Waals surface area (Å²) in [5, 5.41) is 2.03. The van der Waals surface area contributed by atoms with Crippen molar-refractivity contribution in [3.05, 3.63) is 88.7 Å². The molecule has 4 rings (SSSR count). The van der Waals surface area contributed by atoms with Gasteiger partial charge >= 0.3 is 0 Å². The lowest BCUT2D eigenvalue weighted by Crippen LogP contribution is -2.16. The normalized spacial score (nSPS) is 11.7. The van der Waals surface area contributed by atoms with E-state index >= 15 is 0 Å². The second-order valence-electron chi connectivity index (χ2n) is 6.11. The first-order valence-corrected chi connectivity index (χ1v) is 9.85. The highest BCUT2D eigenvalue weighted by molar-refractivity contribution is 7.07. The highest BCUT2D eigenvalue weighted by Crippen LogP contribution is 2.23. The summed E-state index contributed by atoms with van der Waals surface area (Å²) < 4.78 is 26.4. The first-order chi connectivity index (χ1) is 13.7. The van der Waals surface area contributed by atoms with Crippen molar-refractivity contribution in [2.45, 2.75) is 13.5 Å². The van der Waals surface area contributed by atoms with Gasteiger partial charge in [0, 0.05) is 5.38 Å². The number of ether oxygens (including phenoxy) is 1. The molecule has 0 bridgehead atoms. The van der Waals surface area contributed by atoms with Crippen LogP contribution < -0.4 is 9.54 Å². The minimum Gasteiger partial charge on any atom is -0.494 e. The van der Waals surface area contributed by atoms with Crippen molar-refractivity contribution in [2.75, 3.05) is 6.61 Å². The molecular formula is C22H19FN2O2S. The number of hydrogen-bond acceptors (Lipinski definition) is 4. The fourth-order valence-corrected chi connectivity index (χ4v) is 3.80. The number of aromatic nitrogens is 1. The van der Waals surface area contributed by atoms with Crippen LogP contribution in [0.4, 0.5) is 10.1 Å². The van der Waals surface area contributed by atoms with Crippen molar-refractivity contribution in [2.24, 2.45) is 4.99 Å². The molecule has 2 aromatic carbocycles. The minimum absolute atomic E-state index is 0.254. The molecule has 6 heteroatoms. The zero-order valence-corrected chi connectivity index (χ0v) is 16.2. The van der Waals surface area contributed by atoms with Gasteiger partial charge in [-0.25, -0.2) is 9.38 Å². The third-order valence-electron chi connectivity index (χ3n) is 4.20. The molecule has 0 radical (unpaired) electrons. The van der Waals surface area contributed by atoms with E-state index in [4.69, 9.17) is 14.1 Å². The van der Waals surface area contributed by atoms with Crippen molar-refractivity contribution in [1.29, 1.82) is 0 Å². The third kappa shape index (κ3) is 4.07. The molecule has 0 fully saturated rings. The largest absolute Gasteiger partial charge is 0.494 e. The van der Waals surface area contributed by atoms with E-state index in [1.54, 1.807) is 18.4 Å². The van der Waals surface area contributed by atoms with Gasteiger partial charge in [-0.3, -0.25) is 0 Å². The van der Waals surface area contributed by atoms with Gasteiger partial charge in [-0.05, 0) is 73.2 Å². The number of hydrogen-bond donors (Lipinski definition) is 0. The highest BCUT2D eigenvalue weighted by Gasteiger charge is 2.10. The molecule has 0 aliphatic heterocycles. The topological polar surface area (TPSA) is 39.7 Å². The van der Waals surface area contributed by atoms with E-state index in [-0.39, 0.29) is 5.82 Å². The Hall–Kier alpha value is -3.12. The van der Waals surface area contributed by atoms with E-state index in [1.807, 2.05) is 48.7 Å². The van der Waals surface area contributed by atoms with Gasteiger partial charge < -0.3 is 13.7 Å². The average molecular weight is 394 g/mol. The van der Waals surface area contributed by atoms with Crippen LogP contribution in [0.25, 0.3) is 11.3 Å².